The van der Waals surface area contributed by atoms with Crippen LogP contribution in [0.3, 0.4) is 0 Å². The van der Waals surface area contributed by atoms with Crippen molar-refractivity contribution >= 4 is 34.9 Å². The van der Waals surface area contributed by atoms with Crippen molar-refractivity contribution in [1.82, 2.24) is 4.57 Å². The smallest absolute Gasteiger partial charge is 0.416 e. The molecule has 1 aliphatic rings. The number of carboxylic acid groups (broad SMARTS) is 1. The summed E-state index contributed by atoms with van der Waals surface area (Å²) in [7, 11) is 0. The Morgan fingerprint density at radius 1 is 1.03 bits per heavy atom. The Hall–Kier alpha value is -2.97. The van der Waals surface area contributed by atoms with Crippen LogP contribution in [0.25, 0.3) is 0 Å². The number of alkyl halides is 3. The molecular formula is C24H19Cl2F3N2O3. The topological polar surface area (TPSA) is 62.5 Å². The molecule has 0 bridgehead atoms. The second kappa shape index (κ2) is 9.35. The van der Waals surface area contributed by atoms with Gasteiger partial charge in [-0.15, -0.1) is 0 Å². The summed E-state index contributed by atoms with van der Waals surface area (Å²) in [6, 6.07) is 11.3. The van der Waals surface area contributed by atoms with Crippen LogP contribution in [0.2, 0.25) is 10.0 Å². The number of halogens is 5. The van der Waals surface area contributed by atoms with E-state index in [2.05, 4.69) is 0 Å². The SMILES string of the molecule is O=C(O)c1ccc(CCn2c(CN3CCc4ccc(C(F)(F)F)cc43)c(Cl)cc(Cl)c2=O)cc1. The molecule has 2 aromatic carbocycles. The van der Waals surface area contributed by atoms with Crippen molar-refractivity contribution in [2.24, 2.45) is 0 Å². The van der Waals surface area contributed by atoms with Gasteiger partial charge in [0, 0.05) is 18.8 Å². The van der Waals surface area contributed by atoms with E-state index >= 15 is 0 Å². The number of aromatic carboxylic acids is 1. The molecule has 0 unspecified atom stereocenters. The van der Waals surface area contributed by atoms with E-state index in [0.717, 1.165) is 23.3 Å². The predicted molar refractivity (Wildman–Crippen MR) is 124 cm³/mol. The molecule has 0 radical (unpaired) electrons. The van der Waals surface area contributed by atoms with Crippen molar-refractivity contribution in [3.63, 3.8) is 0 Å². The molecule has 4 rings (SSSR count). The highest BCUT2D eigenvalue weighted by atomic mass is 35.5. The highest BCUT2D eigenvalue weighted by molar-refractivity contribution is 6.34. The van der Waals surface area contributed by atoms with Gasteiger partial charge in [0.25, 0.3) is 5.56 Å². The van der Waals surface area contributed by atoms with E-state index in [4.69, 9.17) is 28.3 Å². The van der Waals surface area contributed by atoms with Crippen LogP contribution in [-0.4, -0.2) is 22.2 Å². The van der Waals surface area contributed by atoms with E-state index in [1.165, 1.54) is 28.8 Å². The first-order valence-electron chi connectivity index (χ1n) is 10.4. The number of benzene rings is 2. The molecule has 1 aromatic heterocycles. The normalized spacial score (nSPS) is 13.3. The number of anilines is 1. The third-order valence-corrected chi connectivity index (χ3v) is 6.47. The lowest BCUT2D eigenvalue weighted by molar-refractivity contribution is -0.137. The Balaban J connectivity index is 1.63. The minimum Gasteiger partial charge on any atom is -0.478 e. The first-order chi connectivity index (χ1) is 16.0. The molecule has 0 atom stereocenters. The maximum absolute atomic E-state index is 13.2. The summed E-state index contributed by atoms with van der Waals surface area (Å²) >= 11 is 12.5. The molecule has 10 heteroatoms. The van der Waals surface area contributed by atoms with E-state index in [1.54, 1.807) is 17.0 Å². The minimum absolute atomic E-state index is 0.0591. The zero-order valence-electron chi connectivity index (χ0n) is 17.7. The summed E-state index contributed by atoms with van der Waals surface area (Å²) in [4.78, 5) is 25.7. The van der Waals surface area contributed by atoms with Gasteiger partial charge in [-0.05, 0) is 54.3 Å². The van der Waals surface area contributed by atoms with Gasteiger partial charge in [0.05, 0.1) is 28.4 Å². The average molecular weight is 511 g/mol. The first kappa shape index (κ1) is 24.2. The lowest BCUT2D eigenvalue weighted by Gasteiger charge is -2.24. The number of aryl methyl sites for hydroxylation is 1. The maximum Gasteiger partial charge on any atom is 0.416 e. The fourth-order valence-corrected chi connectivity index (χ4v) is 4.59. The molecule has 0 aliphatic carbocycles. The summed E-state index contributed by atoms with van der Waals surface area (Å²) in [5.41, 5.74) is 1.48. The molecule has 2 heterocycles. The molecule has 1 aliphatic heterocycles. The van der Waals surface area contributed by atoms with E-state index in [0.29, 0.717) is 30.8 Å². The lowest BCUT2D eigenvalue weighted by Crippen LogP contribution is -2.30. The van der Waals surface area contributed by atoms with Crippen molar-refractivity contribution in [2.75, 3.05) is 11.4 Å². The van der Waals surface area contributed by atoms with Gasteiger partial charge in [0.2, 0.25) is 0 Å². The summed E-state index contributed by atoms with van der Waals surface area (Å²) in [6.07, 6.45) is -3.48. The third kappa shape index (κ3) is 4.93. The van der Waals surface area contributed by atoms with E-state index in [1.807, 2.05) is 0 Å². The molecule has 0 amide bonds. The fourth-order valence-electron chi connectivity index (χ4n) is 4.06. The highest BCUT2D eigenvalue weighted by Crippen LogP contribution is 2.37. The molecular weight excluding hydrogens is 492 g/mol. The number of fused-ring (bicyclic) bond motifs is 1. The molecule has 1 N–H and O–H groups in total. The lowest BCUT2D eigenvalue weighted by atomic mass is 10.1. The van der Waals surface area contributed by atoms with Gasteiger partial charge in [-0.3, -0.25) is 4.79 Å². The highest BCUT2D eigenvalue weighted by Gasteiger charge is 2.33. The van der Waals surface area contributed by atoms with Crippen molar-refractivity contribution in [2.45, 2.75) is 32.1 Å². The summed E-state index contributed by atoms with van der Waals surface area (Å²) in [5, 5.41) is 9.23. The zero-order valence-corrected chi connectivity index (χ0v) is 19.2. The van der Waals surface area contributed by atoms with Gasteiger partial charge >= 0.3 is 12.1 Å². The van der Waals surface area contributed by atoms with Crippen molar-refractivity contribution in [3.8, 4) is 0 Å². The van der Waals surface area contributed by atoms with Gasteiger partial charge in [-0.1, -0.05) is 41.4 Å². The summed E-state index contributed by atoms with van der Waals surface area (Å²) in [6.45, 7) is 0.835. The Morgan fingerprint density at radius 2 is 1.74 bits per heavy atom. The van der Waals surface area contributed by atoms with Crippen molar-refractivity contribution in [3.05, 3.63) is 96.9 Å². The summed E-state index contributed by atoms with van der Waals surface area (Å²) < 4.78 is 41.1. The monoisotopic (exact) mass is 510 g/mol. The van der Waals surface area contributed by atoms with Crippen LogP contribution in [0, 0.1) is 0 Å². The molecule has 0 saturated carbocycles. The standard InChI is InChI=1S/C24H19Cl2F3N2O3/c25-18-12-19(26)22(32)31(10-7-14-1-3-16(4-2-14)23(33)34)21(18)13-30-9-8-15-5-6-17(11-20(15)30)24(27,28)29/h1-6,11-12H,7-10,13H2,(H,33,34). The van der Waals surface area contributed by atoms with Crippen molar-refractivity contribution < 1.29 is 23.1 Å². The van der Waals surface area contributed by atoms with Crippen LogP contribution in [0.1, 0.15) is 32.7 Å². The van der Waals surface area contributed by atoms with Crippen LogP contribution < -0.4 is 10.5 Å². The predicted octanol–water partition coefficient (Wildman–Crippen LogP) is 5.68. The van der Waals surface area contributed by atoms with Gasteiger partial charge in [-0.25, -0.2) is 4.79 Å². The Labute approximate surface area is 203 Å². The zero-order chi connectivity index (χ0) is 24.6. The number of hydrogen-bond acceptors (Lipinski definition) is 3. The molecule has 5 nitrogen and oxygen atoms in total. The Kier molecular flexibility index (Phi) is 6.64. The minimum atomic E-state index is -4.46. The number of rotatable bonds is 6. The van der Waals surface area contributed by atoms with Gasteiger partial charge in [0.1, 0.15) is 5.02 Å². The molecule has 3 aromatic rings. The fraction of sp³-hybridized carbons (Fsp3) is 0.250. The van der Waals surface area contributed by atoms with E-state index < -0.39 is 23.3 Å². The number of carboxylic acids is 1. The van der Waals surface area contributed by atoms with Crippen LogP contribution in [0.4, 0.5) is 18.9 Å². The molecule has 0 spiro atoms. The molecule has 34 heavy (non-hydrogen) atoms. The van der Waals surface area contributed by atoms with Gasteiger partial charge in [0.15, 0.2) is 0 Å². The number of aromatic nitrogens is 1. The Bertz CT molecular complexity index is 1300. The number of carbonyl (C=O) groups is 1. The second-order valence-corrected chi connectivity index (χ2v) is 8.82. The number of nitrogens with zero attached hydrogens (tertiary/aromatic N) is 2. The maximum atomic E-state index is 13.2. The van der Waals surface area contributed by atoms with Crippen LogP contribution in [0.15, 0.2) is 53.3 Å². The molecule has 0 saturated heterocycles. The van der Waals surface area contributed by atoms with Crippen molar-refractivity contribution in [1.29, 1.82) is 0 Å². The third-order valence-electron chi connectivity index (χ3n) is 5.87. The molecule has 0 fully saturated rings. The number of hydrogen-bond donors (Lipinski definition) is 1. The van der Waals surface area contributed by atoms with Crippen LogP contribution in [-0.2, 0) is 32.1 Å². The largest absolute Gasteiger partial charge is 0.478 e. The quantitative estimate of drug-likeness (QED) is 0.463. The van der Waals surface area contributed by atoms with Gasteiger partial charge < -0.3 is 14.6 Å². The average Bonchev–Trinajstić information content (AvgIpc) is 3.19. The Morgan fingerprint density at radius 3 is 2.38 bits per heavy atom. The second-order valence-electron chi connectivity index (χ2n) is 8.01. The van der Waals surface area contributed by atoms with E-state index in [-0.39, 0.29) is 28.7 Å². The van der Waals surface area contributed by atoms with Gasteiger partial charge in [-0.2, -0.15) is 13.2 Å². The number of pyridine rings is 1. The van der Waals surface area contributed by atoms with Crippen LogP contribution in [0.5, 0.6) is 0 Å². The molecule has 178 valence electrons. The van der Waals surface area contributed by atoms with E-state index in [9.17, 15) is 22.8 Å². The van der Waals surface area contributed by atoms with Crippen LogP contribution >= 0.6 is 23.2 Å². The summed E-state index contributed by atoms with van der Waals surface area (Å²) in [5.74, 6) is -1.04. The first-order valence-corrected chi connectivity index (χ1v) is 11.1.